The Morgan fingerprint density at radius 3 is 2.59 bits per heavy atom. The summed E-state index contributed by atoms with van der Waals surface area (Å²) in [5.41, 5.74) is 0.945. The molecule has 1 aromatic heterocycles. The number of amides is 1. The molecule has 0 aliphatic carbocycles. The fourth-order valence-corrected chi connectivity index (χ4v) is 3.44. The number of ether oxygens (including phenoxy) is 1. The molecule has 1 aromatic rings. The van der Waals surface area contributed by atoms with Crippen molar-refractivity contribution in [3.05, 3.63) is 24.0 Å². The molecular formula is C17H27N3O2. The molecule has 2 heterocycles. The molecule has 1 saturated heterocycles. The van der Waals surface area contributed by atoms with E-state index in [-0.39, 0.29) is 18.0 Å². The summed E-state index contributed by atoms with van der Waals surface area (Å²) < 4.78 is 5.32. The molecule has 1 aliphatic rings. The van der Waals surface area contributed by atoms with Gasteiger partial charge in [-0.1, -0.05) is 0 Å². The zero-order valence-corrected chi connectivity index (χ0v) is 14.2. The van der Waals surface area contributed by atoms with Crippen LogP contribution in [0.3, 0.4) is 0 Å². The van der Waals surface area contributed by atoms with Crippen LogP contribution in [0, 0.1) is 0 Å². The van der Waals surface area contributed by atoms with Gasteiger partial charge in [-0.25, -0.2) is 0 Å². The van der Waals surface area contributed by atoms with Gasteiger partial charge in [0.05, 0.1) is 25.4 Å². The summed E-state index contributed by atoms with van der Waals surface area (Å²) >= 11 is 0. The Morgan fingerprint density at radius 1 is 1.36 bits per heavy atom. The molecule has 122 valence electrons. The highest BCUT2D eigenvalue weighted by Crippen LogP contribution is 2.27. The molecule has 1 amide bonds. The topological polar surface area (TPSA) is 54.5 Å². The van der Waals surface area contributed by atoms with Gasteiger partial charge in [0.25, 0.3) is 0 Å². The normalized spacial score (nSPS) is 24.8. The molecule has 4 atom stereocenters. The van der Waals surface area contributed by atoms with Crippen LogP contribution in [0.15, 0.2) is 18.5 Å². The van der Waals surface area contributed by atoms with Gasteiger partial charge in [-0.2, -0.15) is 0 Å². The maximum absolute atomic E-state index is 12.6. The predicted octanol–water partition coefficient (Wildman–Crippen LogP) is 2.53. The molecule has 0 unspecified atom stereocenters. The number of pyridine rings is 1. The molecule has 22 heavy (non-hydrogen) atoms. The Hall–Kier alpha value is -1.62. The monoisotopic (exact) mass is 305 g/mol. The van der Waals surface area contributed by atoms with Gasteiger partial charge in [-0.05, 0) is 46.6 Å². The molecule has 0 saturated carbocycles. The van der Waals surface area contributed by atoms with Crippen LogP contribution in [0.4, 0.5) is 0 Å². The maximum Gasteiger partial charge on any atom is 0.237 e. The van der Waals surface area contributed by atoms with Gasteiger partial charge in [-0.3, -0.25) is 14.7 Å². The van der Waals surface area contributed by atoms with Gasteiger partial charge < -0.3 is 10.1 Å². The van der Waals surface area contributed by atoms with Gasteiger partial charge in [-0.15, -0.1) is 0 Å². The first-order valence-electron chi connectivity index (χ1n) is 8.01. The Labute approximate surface area is 133 Å². The molecule has 0 aromatic carbocycles. The SMILES string of the molecule is COc1cnccc1[C@H](C)NC(=O)[C@H](C)N1[C@H](C)CC[C@H]1C. The third kappa shape index (κ3) is 3.40. The lowest BCUT2D eigenvalue weighted by Crippen LogP contribution is -2.49. The summed E-state index contributed by atoms with van der Waals surface area (Å²) in [6.07, 6.45) is 5.71. The van der Waals surface area contributed by atoms with Crippen LogP contribution in [0.2, 0.25) is 0 Å². The summed E-state index contributed by atoms with van der Waals surface area (Å²) in [6, 6.07) is 2.57. The lowest BCUT2D eigenvalue weighted by atomic mass is 10.1. The first kappa shape index (κ1) is 16.7. The molecule has 0 radical (unpaired) electrons. The average Bonchev–Trinajstić information content (AvgIpc) is 2.85. The van der Waals surface area contributed by atoms with E-state index in [0.29, 0.717) is 17.8 Å². The molecule has 0 spiro atoms. The largest absolute Gasteiger partial charge is 0.495 e. The van der Waals surface area contributed by atoms with Crippen molar-refractivity contribution in [2.45, 2.75) is 64.7 Å². The van der Waals surface area contributed by atoms with Crippen molar-refractivity contribution in [3.63, 3.8) is 0 Å². The number of hydrogen-bond acceptors (Lipinski definition) is 4. The highest BCUT2D eigenvalue weighted by molar-refractivity contribution is 5.82. The minimum Gasteiger partial charge on any atom is -0.495 e. The minimum absolute atomic E-state index is 0.0620. The molecule has 1 N–H and O–H groups in total. The number of likely N-dealkylation sites (tertiary alicyclic amines) is 1. The Bertz CT molecular complexity index is 510. The Morgan fingerprint density at radius 2 is 2.00 bits per heavy atom. The summed E-state index contributed by atoms with van der Waals surface area (Å²) in [7, 11) is 1.62. The first-order valence-corrected chi connectivity index (χ1v) is 8.01. The quantitative estimate of drug-likeness (QED) is 0.908. The molecule has 1 aliphatic heterocycles. The van der Waals surface area contributed by atoms with Crippen molar-refractivity contribution in [1.82, 2.24) is 15.2 Å². The van der Waals surface area contributed by atoms with Crippen LogP contribution in [0.25, 0.3) is 0 Å². The van der Waals surface area contributed by atoms with Gasteiger partial charge in [0.2, 0.25) is 5.91 Å². The summed E-state index contributed by atoms with van der Waals surface area (Å²) in [4.78, 5) is 19.0. The van der Waals surface area contributed by atoms with Crippen LogP contribution < -0.4 is 10.1 Å². The van der Waals surface area contributed by atoms with Crippen LogP contribution in [0.5, 0.6) is 5.75 Å². The third-order valence-electron chi connectivity index (χ3n) is 4.71. The predicted molar refractivity (Wildman–Crippen MR) is 86.8 cm³/mol. The molecule has 0 bridgehead atoms. The summed E-state index contributed by atoms with van der Waals surface area (Å²) in [5, 5.41) is 3.10. The highest BCUT2D eigenvalue weighted by Gasteiger charge is 2.34. The van der Waals surface area contributed by atoms with E-state index in [2.05, 4.69) is 29.0 Å². The fraction of sp³-hybridized carbons (Fsp3) is 0.647. The smallest absolute Gasteiger partial charge is 0.237 e. The molecule has 5 nitrogen and oxygen atoms in total. The molecule has 5 heteroatoms. The fourth-order valence-electron chi connectivity index (χ4n) is 3.44. The number of nitrogens with zero attached hydrogens (tertiary/aromatic N) is 2. The van der Waals surface area contributed by atoms with Gasteiger partial charge in [0.15, 0.2) is 0 Å². The van der Waals surface area contributed by atoms with E-state index in [9.17, 15) is 4.79 Å². The molecule has 1 fully saturated rings. The zero-order valence-electron chi connectivity index (χ0n) is 14.2. The van der Waals surface area contributed by atoms with Gasteiger partial charge >= 0.3 is 0 Å². The minimum atomic E-state index is -0.122. The standard InChI is InChI=1S/C17H27N3O2/c1-11-6-7-12(2)20(11)14(4)17(21)19-13(3)15-8-9-18-10-16(15)22-5/h8-14H,6-7H2,1-5H3,(H,19,21)/t11-,12-,13+,14+/m1/s1. The van der Waals surface area contributed by atoms with Crippen molar-refractivity contribution in [3.8, 4) is 5.75 Å². The van der Waals surface area contributed by atoms with Crippen LogP contribution in [-0.4, -0.2) is 41.0 Å². The lowest BCUT2D eigenvalue weighted by molar-refractivity contribution is -0.127. The van der Waals surface area contributed by atoms with Crippen molar-refractivity contribution < 1.29 is 9.53 Å². The second-order valence-electron chi connectivity index (χ2n) is 6.25. The first-order chi connectivity index (χ1) is 10.5. The number of hydrogen-bond donors (Lipinski definition) is 1. The number of carbonyl (C=O) groups is 1. The van der Waals surface area contributed by atoms with E-state index in [4.69, 9.17) is 4.74 Å². The van der Waals surface area contributed by atoms with Gasteiger partial charge in [0, 0.05) is 23.8 Å². The zero-order chi connectivity index (χ0) is 16.3. The maximum atomic E-state index is 12.6. The van der Waals surface area contributed by atoms with E-state index in [1.54, 1.807) is 19.5 Å². The number of carbonyl (C=O) groups excluding carboxylic acids is 1. The van der Waals surface area contributed by atoms with E-state index < -0.39 is 0 Å². The van der Waals surface area contributed by atoms with E-state index in [1.165, 1.54) is 0 Å². The number of rotatable bonds is 5. The summed E-state index contributed by atoms with van der Waals surface area (Å²) in [5.74, 6) is 0.762. The van der Waals surface area contributed by atoms with E-state index in [1.807, 2.05) is 19.9 Å². The van der Waals surface area contributed by atoms with E-state index in [0.717, 1.165) is 18.4 Å². The lowest BCUT2D eigenvalue weighted by Gasteiger charge is -2.32. The summed E-state index contributed by atoms with van der Waals surface area (Å²) in [6.45, 7) is 8.36. The number of aromatic nitrogens is 1. The van der Waals surface area contributed by atoms with Crippen LogP contribution in [-0.2, 0) is 4.79 Å². The number of methoxy groups -OCH3 is 1. The van der Waals surface area contributed by atoms with Crippen LogP contribution >= 0.6 is 0 Å². The van der Waals surface area contributed by atoms with E-state index >= 15 is 0 Å². The second kappa shape index (κ2) is 7.09. The van der Waals surface area contributed by atoms with Crippen molar-refractivity contribution in [1.29, 1.82) is 0 Å². The highest BCUT2D eigenvalue weighted by atomic mass is 16.5. The van der Waals surface area contributed by atoms with Crippen LogP contribution in [0.1, 0.15) is 52.1 Å². The van der Waals surface area contributed by atoms with Gasteiger partial charge in [0.1, 0.15) is 5.75 Å². The molecular weight excluding hydrogens is 278 g/mol. The number of nitrogens with one attached hydrogen (secondary N) is 1. The molecule has 2 rings (SSSR count). The third-order valence-corrected chi connectivity index (χ3v) is 4.71. The Balaban J connectivity index is 2.04. The second-order valence-corrected chi connectivity index (χ2v) is 6.25. The Kier molecular flexibility index (Phi) is 5.40. The van der Waals surface area contributed by atoms with Crippen molar-refractivity contribution in [2.75, 3.05) is 7.11 Å². The van der Waals surface area contributed by atoms with Crippen molar-refractivity contribution >= 4 is 5.91 Å². The average molecular weight is 305 g/mol. The van der Waals surface area contributed by atoms with Crippen molar-refractivity contribution in [2.24, 2.45) is 0 Å².